The first-order valence-corrected chi connectivity index (χ1v) is 8.25. The summed E-state index contributed by atoms with van der Waals surface area (Å²) in [6.07, 6.45) is 0. The summed E-state index contributed by atoms with van der Waals surface area (Å²) in [5.74, 6) is -1.09. The number of methoxy groups -OCH3 is 1. The number of carbonyl (C=O) groups is 2. The number of nitrogens with one attached hydrogen (secondary N) is 1. The van der Waals surface area contributed by atoms with E-state index < -0.39 is 24.3 Å². The van der Waals surface area contributed by atoms with Gasteiger partial charge < -0.3 is 24.3 Å². The second-order valence-electron chi connectivity index (χ2n) is 5.45. The summed E-state index contributed by atoms with van der Waals surface area (Å²) in [7, 11) is 1.43. The van der Waals surface area contributed by atoms with Gasteiger partial charge in [0.1, 0.15) is 19.0 Å². The lowest BCUT2D eigenvalue weighted by Gasteiger charge is -2.21. The van der Waals surface area contributed by atoms with Crippen LogP contribution in [0, 0.1) is 5.82 Å². The fraction of sp³-hybridized carbons (Fsp3) is 0.222. The van der Waals surface area contributed by atoms with E-state index in [1.54, 1.807) is 0 Å². The zero-order valence-corrected chi connectivity index (χ0v) is 15.0. The lowest BCUT2D eigenvalue weighted by Crippen LogP contribution is -2.22. The molecule has 1 N–H and O–H groups in total. The van der Waals surface area contributed by atoms with Crippen LogP contribution >= 0.6 is 11.6 Å². The summed E-state index contributed by atoms with van der Waals surface area (Å²) in [6, 6.07) is 6.58. The van der Waals surface area contributed by atoms with Crippen LogP contribution in [0.2, 0.25) is 5.02 Å². The van der Waals surface area contributed by atoms with Gasteiger partial charge in [-0.05, 0) is 30.3 Å². The molecule has 1 heterocycles. The normalized spacial score (nSPS) is 12.3. The summed E-state index contributed by atoms with van der Waals surface area (Å²) in [5, 5.41) is 2.54. The topological polar surface area (TPSA) is 83.1 Å². The third-order valence-corrected chi connectivity index (χ3v) is 3.84. The molecule has 2 aromatic rings. The van der Waals surface area contributed by atoms with Crippen molar-refractivity contribution in [1.82, 2.24) is 0 Å². The standard InChI is InChI=1S/C18H15ClFNO6/c1-24-14-6-10(7-15-17(14)26-5-4-25-15)18(23)27-9-16(22)21-13-8-11(19)2-3-12(13)20/h2-3,6-8H,4-5,9H2,1H3,(H,21,22). The first-order chi connectivity index (χ1) is 13.0. The summed E-state index contributed by atoms with van der Waals surface area (Å²) in [5.41, 5.74) is 0.0161. The average Bonchev–Trinajstić information content (AvgIpc) is 2.68. The van der Waals surface area contributed by atoms with Crippen LogP contribution in [0.1, 0.15) is 10.4 Å². The molecule has 0 fully saturated rings. The molecule has 2 aromatic carbocycles. The molecule has 27 heavy (non-hydrogen) atoms. The van der Waals surface area contributed by atoms with E-state index in [-0.39, 0.29) is 16.3 Å². The molecular formula is C18H15ClFNO6. The minimum absolute atomic E-state index is 0.107. The van der Waals surface area contributed by atoms with Gasteiger partial charge in [-0.2, -0.15) is 0 Å². The Morgan fingerprint density at radius 2 is 2.00 bits per heavy atom. The molecule has 0 bridgehead atoms. The van der Waals surface area contributed by atoms with E-state index >= 15 is 0 Å². The molecule has 142 valence electrons. The van der Waals surface area contributed by atoms with Crippen LogP contribution < -0.4 is 19.5 Å². The highest BCUT2D eigenvalue weighted by Crippen LogP contribution is 2.40. The van der Waals surface area contributed by atoms with Crippen molar-refractivity contribution in [3.8, 4) is 17.2 Å². The van der Waals surface area contributed by atoms with Gasteiger partial charge in [-0.3, -0.25) is 4.79 Å². The molecule has 3 rings (SSSR count). The highest BCUT2D eigenvalue weighted by Gasteiger charge is 2.22. The van der Waals surface area contributed by atoms with Crippen molar-refractivity contribution in [2.45, 2.75) is 0 Å². The molecule has 0 spiro atoms. The molecule has 0 unspecified atom stereocenters. The predicted molar refractivity (Wildman–Crippen MR) is 94.3 cm³/mol. The van der Waals surface area contributed by atoms with Gasteiger partial charge >= 0.3 is 5.97 Å². The molecule has 0 aromatic heterocycles. The molecule has 0 saturated heterocycles. The molecule has 0 aliphatic carbocycles. The number of ether oxygens (including phenoxy) is 4. The van der Waals surface area contributed by atoms with Gasteiger partial charge in [0.15, 0.2) is 18.1 Å². The lowest BCUT2D eigenvalue weighted by molar-refractivity contribution is -0.119. The Labute approximate surface area is 158 Å². The number of hydrogen-bond donors (Lipinski definition) is 1. The summed E-state index contributed by atoms with van der Waals surface area (Å²) < 4.78 is 34.7. The zero-order valence-electron chi connectivity index (χ0n) is 14.2. The fourth-order valence-electron chi connectivity index (χ4n) is 2.38. The van der Waals surface area contributed by atoms with E-state index in [1.807, 2.05) is 0 Å². The van der Waals surface area contributed by atoms with Crippen LogP contribution in [0.4, 0.5) is 10.1 Å². The molecule has 1 aliphatic rings. The first kappa shape index (κ1) is 18.8. The minimum atomic E-state index is -0.771. The maximum Gasteiger partial charge on any atom is 0.338 e. The van der Waals surface area contributed by atoms with Gasteiger partial charge in [0.05, 0.1) is 18.4 Å². The molecular weight excluding hydrogens is 381 g/mol. The Morgan fingerprint density at radius 3 is 2.78 bits per heavy atom. The summed E-state index contributed by atoms with van der Waals surface area (Å²) in [6.45, 7) is 0.0944. The average molecular weight is 396 g/mol. The van der Waals surface area contributed by atoms with Crippen molar-refractivity contribution >= 4 is 29.2 Å². The quantitative estimate of drug-likeness (QED) is 0.783. The van der Waals surface area contributed by atoms with Gasteiger partial charge in [-0.1, -0.05) is 11.6 Å². The third kappa shape index (κ3) is 4.40. The zero-order chi connectivity index (χ0) is 19.4. The van der Waals surface area contributed by atoms with E-state index in [9.17, 15) is 14.0 Å². The molecule has 0 atom stereocenters. The minimum Gasteiger partial charge on any atom is -0.493 e. The summed E-state index contributed by atoms with van der Waals surface area (Å²) >= 11 is 5.76. The number of carbonyl (C=O) groups excluding carboxylic acids is 2. The highest BCUT2D eigenvalue weighted by molar-refractivity contribution is 6.30. The first-order valence-electron chi connectivity index (χ1n) is 7.87. The Kier molecular flexibility index (Phi) is 5.66. The van der Waals surface area contributed by atoms with E-state index in [0.717, 1.165) is 6.07 Å². The lowest BCUT2D eigenvalue weighted by atomic mass is 10.1. The van der Waals surface area contributed by atoms with Gasteiger partial charge in [-0.25, -0.2) is 9.18 Å². The molecule has 7 nitrogen and oxygen atoms in total. The largest absolute Gasteiger partial charge is 0.493 e. The van der Waals surface area contributed by atoms with E-state index in [4.69, 9.17) is 30.5 Å². The summed E-state index contributed by atoms with van der Waals surface area (Å²) in [4.78, 5) is 24.1. The molecule has 1 aliphatic heterocycles. The molecule has 0 radical (unpaired) electrons. The van der Waals surface area contributed by atoms with Crippen molar-refractivity contribution < 1.29 is 32.9 Å². The third-order valence-electron chi connectivity index (χ3n) is 3.60. The highest BCUT2D eigenvalue weighted by atomic mass is 35.5. The number of esters is 1. The fourth-order valence-corrected chi connectivity index (χ4v) is 2.56. The SMILES string of the molecule is COc1cc(C(=O)OCC(=O)Nc2cc(Cl)ccc2F)cc2c1OCCO2. The monoisotopic (exact) mass is 395 g/mol. The van der Waals surface area contributed by atoms with Gasteiger partial charge in [0.25, 0.3) is 5.91 Å². The Morgan fingerprint density at radius 1 is 1.22 bits per heavy atom. The van der Waals surface area contributed by atoms with Gasteiger partial charge in [-0.15, -0.1) is 0 Å². The Balaban J connectivity index is 1.65. The van der Waals surface area contributed by atoms with Crippen molar-refractivity contribution in [2.24, 2.45) is 0 Å². The van der Waals surface area contributed by atoms with Crippen molar-refractivity contribution in [3.05, 3.63) is 46.7 Å². The second-order valence-corrected chi connectivity index (χ2v) is 5.89. The van der Waals surface area contributed by atoms with Gasteiger partial charge in [0, 0.05) is 5.02 Å². The Hall–Kier alpha value is -3.00. The number of amides is 1. The maximum atomic E-state index is 13.6. The number of fused-ring (bicyclic) bond motifs is 1. The van der Waals surface area contributed by atoms with Crippen molar-refractivity contribution in [2.75, 3.05) is 32.2 Å². The van der Waals surface area contributed by atoms with Crippen LogP contribution in [0.3, 0.4) is 0 Å². The van der Waals surface area contributed by atoms with E-state index in [0.29, 0.717) is 30.5 Å². The van der Waals surface area contributed by atoms with Crippen LogP contribution in [0.5, 0.6) is 17.2 Å². The number of anilines is 1. The van der Waals surface area contributed by atoms with Crippen LogP contribution in [0.25, 0.3) is 0 Å². The maximum absolute atomic E-state index is 13.6. The number of hydrogen-bond acceptors (Lipinski definition) is 6. The van der Waals surface area contributed by atoms with Crippen molar-refractivity contribution in [3.63, 3.8) is 0 Å². The van der Waals surface area contributed by atoms with Crippen molar-refractivity contribution in [1.29, 1.82) is 0 Å². The molecule has 9 heteroatoms. The van der Waals surface area contributed by atoms with Crippen LogP contribution in [0.15, 0.2) is 30.3 Å². The van der Waals surface area contributed by atoms with E-state index in [1.165, 1.54) is 31.4 Å². The number of rotatable bonds is 5. The second kappa shape index (κ2) is 8.13. The smallest absolute Gasteiger partial charge is 0.338 e. The van der Waals surface area contributed by atoms with Gasteiger partial charge in [0.2, 0.25) is 5.75 Å². The number of halogens is 2. The Bertz CT molecular complexity index is 871. The van der Waals surface area contributed by atoms with Crippen LogP contribution in [-0.4, -0.2) is 38.8 Å². The van der Waals surface area contributed by atoms with E-state index in [2.05, 4.69) is 5.32 Å². The predicted octanol–water partition coefficient (Wildman–Crippen LogP) is 3.05. The number of benzene rings is 2. The van der Waals surface area contributed by atoms with Crippen LogP contribution in [-0.2, 0) is 9.53 Å². The molecule has 0 saturated carbocycles. The molecule has 1 amide bonds.